The first-order chi connectivity index (χ1) is 11.2. The number of carbonyl (C=O) groups excluding carboxylic acids is 1. The molecule has 8 heteroatoms. The molecule has 3 aromatic rings. The van der Waals surface area contributed by atoms with E-state index in [1.165, 1.54) is 11.3 Å². The van der Waals surface area contributed by atoms with E-state index in [-0.39, 0.29) is 24.9 Å². The van der Waals surface area contributed by atoms with E-state index < -0.39 is 12.1 Å². The molecule has 2 atom stereocenters. The number of aliphatic hydroxyl groups is 1. The van der Waals surface area contributed by atoms with E-state index in [4.69, 9.17) is 0 Å². The monoisotopic (exact) mass is 332 g/mol. The average molecular weight is 332 g/mol. The van der Waals surface area contributed by atoms with Crippen LogP contribution in [0.25, 0.3) is 16.2 Å². The first-order valence-electron chi connectivity index (χ1n) is 7.16. The molecule has 1 amide bonds. The van der Waals surface area contributed by atoms with Gasteiger partial charge in [-0.2, -0.15) is 4.98 Å². The van der Waals surface area contributed by atoms with E-state index in [0.717, 1.165) is 15.4 Å². The van der Waals surface area contributed by atoms with Crippen LogP contribution in [-0.4, -0.2) is 31.8 Å². The van der Waals surface area contributed by atoms with Gasteiger partial charge in [-0.05, 0) is 30.7 Å². The van der Waals surface area contributed by atoms with Crippen LogP contribution in [0.4, 0.5) is 10.3 Å². The van der Waals surface area contributed by atoms with Gasteiger partial charge in [-0.25, -0.2) is 8.91 Å². The zero-order valence-electron chi connectivity index (χ0n) is 11.9. The fourth-order valence-electron chi connectivity index (χ4n) is 2.38. The molecule has 1 fully saturated rings. The Labute approximate surface area is 134 Å². The zero-order valence-corrected chi connectivity index (χ0v) is 12.8. The number of fused-ring (bicyclic) bond motifs is 1. The molecule has 118 valence electrons. The van der Waals surface area contributed by atoms with E-state index in [2.05, 4.69) is 15.4 Å². The molecule has 0 aliphatic heterocycles. The number of carbonyl (C=O) groups is 1. The van der Waals surface area contributed by atoms with E-state index in [1.54, 1.807) is 10.6 Å². The predicted octanol–water partition coefficient (Wildman–Crippen LogP) is 2.25. The molecule has 6 nitrogen and oxygen atoms in total. The molecule has 0 radical (unpaired) electrons. The Balaban J connectivity index is 1.68. The van der Waals surface area contributed by atoms with Crippen LogP contribution in [0.2, 0.25) is 0 Å². The number of aromatic nitrogens is 3. The van der Waals surface area contributed by atoms with Crippen LogP contribution in [0.5, 0.6) is 0 Å². The first-order valence-corrected chi connectivity index (χ1v) is 7.98. The minimum atomic E-state index is -1.05. The molecule has 2 N–H and O–H groups in total. The van der Waals surface area contributed by atoms with Crippen molar-refractivity contribution >= 4 is 28.8 Å². The molecule has 1 aliphatic rings. The molecule has 0 saturated heterocycles. The number of anilines is 1. The quantitative estimate of drug-likeness (QED) is 0.768. The number of halogens is 1. The molecule has 1 saturated carbocycles. The highest BCUT2D eigenvalue weighted by Gasteiger charge is 2.44. The van der Waals surface area contributed by atoms with E-state index >= 15 is 0 Å². The summed E-state index contributed by atoms with van der Waals surface area (Å²) in [5.41, 5.74) is 1.40. The Bertz CT molecular complexity index is 891. The van der Waals surface area contributed by atoms with E-state index in [9.17, 15) is 14.3 Å². The van der Waals surface area contributed by atoms with Gasteiger partial charge in [-0.3, -0.25) is 10.1 Å². The number of thiophene rings is 1. The van der Waals surface area contributed by atoms with Crippen LogP contribution in [-0.2, 0) is 11.4 Å². The van der Waals surface area contributed by atoms with Gasteiger partial charge in [0.2, 0.25) is 11.9 Å². The molecule has 4 rings (SSSR count). The van der Waals surface area contributed by atoms with Gasteiger partial charge in [0, 0.05) is 4.88 Å². The highest BCUT2D eigenvalue weighted by molar-refractivity contribution is 7.15. The third kappa shape index (κ3) is 2.60. The van der Waals surface area contributed by atoms with E-state index in [0.29, 0.717) is 5.65 Å². The lowest BCUT2D eigenvalue weighted by Gasteiger charge is -2.00. The summed E-state index contributed by atoms with van der Waals surface area (Å²) in [6.45, 7) is -0.00884. The maximum absolute atomic E-state index is 12.9. The van der Waals surface area contributed by atoms with Crippen molar-refractivity contribution < 1.29 is 14.3 Å². The average Bonchev–Trinajstić information content (AvgIpc) is 2.97. The minimum absolute atomic E-state index is 0.00884. The first kappa shape index (κ1) is 14.3. The second kappa shape index (κ2) is 5.39. The summed E-state index contributed by atoms with van der Waals surface area (Å²) in [4.78, 5) is 17.8. The van der Waals surface area contributed by atoms with Crippen LogP contribution < -0.4 is 5.32 Å². The third-order valence-electron chi connectivity index (χ3n) is 3.71. The van der Waals surface area contributed by atoms with Gasteiger partial charge in [0.05, 0.1) is 23.1 Å². The molecule has 0 unspecified atom stereocenters. The van der Waals surface area contributed by atoms with Crippen molar-refractivity contribution in [3.63, 3.8) is 0 Å². The second-order valence-electron chi connectivity index (χ2n) is 5.39. The summed E-state index contributed by atoms with van der Waals surface area (Å²) in [6, 6.07) is 9.28. The maximum Gasteiger partial charge on any atom is 0.249 e. The Morgan fingerprint density at radius 3 is 2.96 bits per heavy atom. The molecule has 0 bridgehead atoms. The molecular weight excluding hydrogens is 319 g/mol. The number of aliphatic hydroxyl groups excluding tert-OH is 1. The van der Waals surface area contributed by atoms with Crippen LogP contribution >= 0.6 is 11.3 Å². The lowest BCUT2D eigenvalue weighted by atomic mass is 10.3. The van der Waals surface area contributed by atoms with Gasteiger partial charge in [-0.15, -0.1) is 16.4 Å². The Hall–Kier alpha value is -2.32. The number of rotatable bonds is 4. The number of nitrogens with zero attached hydrogens (tertiary/aromatic N) is 3. The van der Waals surface area contributed by atoms with Gasteiger partial charge in [0.1, 0.15) is 6.17 Å². The number of amides is 1. The lowest BCUT2D eigenvalue weighted by molar-refractivity contribution is -0.117. The summed E-state index contributed by atoms with van der Waals surface area (Å²) < 4.78 is 14.6. The van der Waals surface area contributed by atoms with Crippen LogP contribution in [0.1, 0.15) is 11.3 Å². The Kier molecular flexibility index (Phi) is 3.35. The summed E-state index contributed by atoms with van der Waals surface area (Å²) in [5.74, 6) is -0.792. The highest BCUT2D eigenvalue weighted by atomic mass is 32.1. The van der Waals surface area contributed by atoms with Crippen LogP contribution in [0, 0.1) is 5.92 Å². The number of hydrogen-bond donors (Lipinski definition) is 2. The van der Waals surface area contributed by atoms with Gasteiger partial charge < -0.3 is 5.11 Å². The summed E-state index contributed by atoms with van der Waals surface area (Å²) in [6.07, 6.45) is -0.783. The fourth-order valence-corrected chi connectivity index (χ4v) is 3.26. The molecule has 1 aliphatic carbocycles. The van der Waals surface area contributed by atoms with Gasteiger partial charge in [0.25, 0.3) is 0 Å². The van der Waals surface area contributed by atoms with Crippen molar-refractivity contribution in [1.82, 2.24) is 14.6 Å². The number of nitrogens with one attached hydrogen (secondary N) is 1. The smallest absolute Gasteiger partial charge is 0.249 e. The standard InChI is InChI=1S/C15H13FN4O2S/c16-10-6-9(10)14(22)18-15-17-13-3-1-2-11(20(13)19-15)12-5-4-8(7-21)23-12/h1-5,9-10,21H,6-7H2,(H,18,19,22)/t9-,10-/m0/s1. The normalized spacial score (nSPS) is 19.9. The van der Waals surface area contributed by atoms with E-state index in [1.807, 2.05) is 24.3 Å². The van der Waals surface area contributed by atoms with Gasteiger partial charge >= 0.3 is 0 Å². The Morgan fingerprint density at radius 2 is 2.26 bits per heavy atom. The molecule has 0 spiro atoms. The van der Waals surface area contributed by atoms with Crippen molar-refractivity contribution in [2.24, 2.45) is 5.92 Å². The lowest BCUT2D eigenvalue weighted by Crippen LogP contribution is -2.16. The summed E-state index contributed by atoms with van der Waals surface area (Å²) in [7, 11) is 0. The predicted molar refractivity (Wildman–Crippen MR) is 83.9 cm³/mol. The van der Waals surface area contributed by atoms with Crippen molar-refractivity contribution in [2.75, 3.05) is 5.32 Å². The van der Waals surface area contributed by atoms with Crippen molar-refractivity contribution in [3.8, 4) is 10.6 Å². The topological polar surface area (TPSA) is 79.5 Å². The largest absolute Gasteiger partial charge is 0.391 e. The number of alkyl halides is 1. The third-order valence-corrected chi connectivity index (χ3v) is 4.81. The SMILES string of the molecule is O=C(Nc1nc2cccc(-c3ccc(CO)s3)n2n1)[C@H]1C[C@@H]1F. The molecule has 3 heterocycles. The molecule has 23 heavy (non-hydrogen) atoms. The number of pyridine rings is 1. The summed E-state index contributed by atoms with van der Waals surface area (Å²) >= 11 is 1.46. The van der Waals surface area contributed by atoms with Crippen molar-refractivity contribution in [3.05, 3.63) is 35.2 Å². The zero-order chi connectivity index (χ0) is 16.0. The molecular formula is C15H13FN4O2S. The highest BCUT2D eigenvalue weighted by Crippen LogP contribution is 2.34. The maximum atomic E-state index is 12.9. The fraction of sp³-hybridized carbons (Fsp3) is 0.267. The number of hydrogen-bond acceptors (Lipinski definition) is 5. The van der Waals surface area contributed by atoms with Crippen molar-refractivity contribution in [1.29, 1.82) is 0 Å². The van der Waals surface area contributed by atoms with Gasteiger partial charge in [0.15, 0.2) is 5.65 Å². The van der Waals surface area contributed by atoms with Crippen molar-refractivity contribution in [2.45, 2.75) is 19.2 Å². The molecule has 3 aromatic heterocycles. The second-order valence-corrected chi connectivity index (χ2v) is 6.56. The minimum Gasteiger partial charge on any atom is -0.391 e. The van der Waals surface area contributed by atoms with Crippen LogP contribution in [0.3, 0.4) is 0 Å². The molecule has 0 aromatic carbocycles. The van der Waals surface area contributed by atoms with Gasteiger partial charge in [-0.1, -0.05) is 6.07 Å². The summed E-state index contributed by atoms with van der Waals surface area (Å²) in [5, 5.41) is 16.0. The van der Waals surface area contributed by atoms with Crippen LogP contribution in [0.15, 0.2) is 30.3 Å². The Morgan fingerprint density at radius 1 is 1.43 bits per heavy atom.